The van der Waals surface area contributed by atoms with Gasteiger partial charge >= 0.3 is 0 Å². The van der Waals surface area contributed by atoms with E-state index in [0.717, 1.165) is 44.3 Å². The number of imidazole rings is 1. The lowest BCUT2D eigenvalue weighted by Gasteiger charge is -2.13. The Bertz CT molecular complexity index is 1470. The summed E-state index contributed by atoms with van der Waals surface area (Å²) in [5.74, 6) is 0. The van der Waals surface area contributed by atoms with Crippen molar-refractivity contribution < 1.29 is 0 Å². The normalized spacial score (nSPS) is 14.0. The van der Waals surface area contributed by atoms with Crippen LogP contribution in [0.4, 0.5) is 11.4 Å². The SMILES string of the molecule is Cn1ccnc1Sc1ccc(Nc2c(C#N)cnc3cc(/C=C/CCCN4CCCC4)ccc23)cc1Cl. The summed E-state index contributed by atoms with van der Waals surface area (Å²) in [5, 5.41) is 15.5. The fourth-order valence-corrected chi connectivity index (χ4v) is 5.65. The highest BCUT2D eigenvalue weighted by Crippen LogP contribution is 2.36. The monoisotopic (exact) mass is 528 g/mol. The molecule has 5 rings (SSSR count). The molecule has 6 nitrogen and oxygen atoms in total. The molecular weight excluding hydrogens is 500 g/mol. The first-order valence-electron chi connectivity index (χ1n) is 12.5. The minimum absolute atomic E-state index is 0.486. The standard InChI is InChI=1S/C29H29ClN6S/c1-35-16-12-32-29(35)37-27-11-9-23(18-25(27)30)34-28-22(19-31)20-33-26-17-21(8-10-24(26)28)7-3-2-4-13-36-14-5-6-15-36/h3,7-12,16-18,20H,2,4-6,13-15H2,1H3,(H,33,34)/b7-3+. The first kappa shape index (κ1) is 25.3. The van der Waals surface area contributed by atoms with Crippen molar-refractivity contribution in [2.45, 2.75) is 35.7 Å². The van der Waals surface area contributed by atoms with E-state index in [0.29, 0.717) is 10.6 Å². The number of nitriles is 1. The summed E-state index contributed by atoms with van der Waals surface area (Å²) in [6, 6.07) is 14.2. The van der Waals surface area contributed by atoms with E-state index < -0.39 is 0 Å². The molecule has 0 unspecified atom stereocenters. The van der Waals surface area contributed by atoms with Gasteiger partial charge in [-0.15, -0.1) is 0 Å². The van der Waals surface area contributed by atoms with Gasteiger partial charge < -0.3 is 14.8 Å². The molecule has 0 bridgehead atoms. The number of nitrogens with one attached hydrogen (secondary N) is 1. The number of halogens is 1. The van der Waals surface area contributed by atoms with Gasteiger partial charge in [0.2, 0.25) is 0 Å². The first-order chi connectivity index (χ1) is 18.1. The summed E-state index contributed by atoms with van der Waals surface area (Å²) in [4.78, 5) is 12.4. The fourth-order valence-electron chi connectivity index (χ4n) is 4.55. The Kier molecular flexibility index (Phi) is 8.10. The van der Waals surface area contributed by atoms with E-state index >= 15 is 0 Å². The number of anilines is 2. The van der Waals surface area contributed by atoms with Crippen molar-refractivity contribution in [2.75, 3.05) is 25.0 Å². The number of rotatable bonds is 9. The second-order valence-corrected chi connectivity index (χ2v) is 10.6. The third-order valence-corrected chi connectivity index (χ3v) is 8.12. The summed E-state index contributed by atoms with van der Waals surface area (Å²) in [7, 11) is 1.95. The highest BCUT2D eigenvalue weighted by atomic mass is 35.5. The molecule has 2 aromatic heterocycles. The lowest BCUT2D eigenvalue weighted by Crippen LogP contribution is -2.19. The lowest BCUT2D eigenvalue weighted by molar-refractivity contribution is 0.335. The third kappa shape index (κ3) is 6.16. The Morgan fingerprint density at radius 1 is 1.16 bits per heavy atom. The van der Waals surface area contributed by atoms with Gasteiger partial charge in [-0.1, -0.05) is 47.6 Å². The fraction of sp³-hybridized carbons (Fsp3) is 0.276. The molecule has 0 saturated carbocycles. The van der Waals surface area contributed by atoms with Gasteiger partial charge in [-0.2, -0.15) is 5.26 Å². The smallest absolute Gasteiger partial charge is 0.172 e. The number of hydrogen-bond donors (Lipinski definition) is 1. The molecule has 8 heteroatoms. The van der Waals surface area contributed by atoms with Crippen molar-refractivity contribution in [3.63, 3.8) is 0 Å². The van der Waals surface area contributed by atoms with E-state index in [9.17, 15) is 5.26 Å². The second-order valence-electron chi connectivity index (χ2n) is 9.22. The molecule has 0 aliphatic carbocycles. The van der Waals surface area contributed by atoms with Crippen LogP contribution in [0.3, 0.4) is 0 Å². The van der Waals surface area contributed by atoms with Crippen molar-refractivity contribution in [3.8, 4) is 6.07 Å². The Balaban J connectivity index is 1.31. The molecule has 1 fully saturated rings. The highest BCUT2D eigenvalue weighted by molar-refractivity contribution is 7.99. The number of unbranched alkanes of at least 4 members (excludes halogenated alkanes) is 1. The van der Waals surface area contributed by atoms with Gasteiger partial charge in [0.15, 0.2) is 5.16 Å². The molecule has 188 valence electrons. The molecule has 0 radical (unpaired) electrons. The van der Waals surface area contributed by atoms with Crippen LogP contribution in [0.25, 0.3) is 17.0 Å². The van der Waals surface area contributed by atoms with Crippen LogP contribution in [0.1, 0.15) is 36.8 Å². The summed E-state index contributed by atoms with van der Waals surface area (Å²) < 4.78 is 1.95. The largest absolute Gasteiger partial charge is 0.354 e. The molecule has 37 heavy (non-hydrogen) atoms. The van der Waals surface area contributed by atoms with Gasteiger partial charge in [-0.3, -0.25) is 4.98 Å². The Morgan fingerprint density at radius 2 is 2.03 bits per heavy atom. The number of aryl methyl sites for hydroxylation is 1. The summed E-state index contributed by atoms with van der Waals surface area (Å²) in [6.45, 7) is 3.69. The first-order valence-corrected chi connectivity index (χ1v) is 13.7. The molecule has 1 N–H and O–H groups in total. The van der Waals surface area contributed by atoms with E-state index in [1.807, 2.05) is 42.1 Å². The molecule has 1 aliphatic rings. The van der Waals surface area contributed by atoms with Gasteiger partial charge in [0, 0.05) is 41.6 Å². The highest BCUT2D eigenvalue weighted by Gasteiger charge is 2.13. The minimum atomic E-state index is 0.486. The van der Waals surface area contributed by atoms with Crippen LogP contribution < -0.4 is 5.32 Å². The van der Waals surface area contributed by atoms with Gasteiger partial charge in [-0.25, -0.2) is 4.98 Å². The summed E-state index contributed by atoms with van der Waals surface area (Å²) in [5.41, 5.74) is 3.97. The quantitative estimate of drug-likeness (QED) is 0.230. The van der Waals surface area contributed by atoms with Crippen molar-refractivity contribution in [1.82, 2.24) is 19.4 Å². The molecule has 2 aromatic carbocycles. The number of aromatic nitrogens is 3. The average molecular weight is 529 g/mol. The van der Waals surface area contributed by atoms with Crippen LogP contribution in [0.15, 0.2) is 71.1 Å². The predicted molar refractivity (Wildman–Crippen MR) is 152 cm³/mol. The maximum absolute atomic E-state index is 9.74. The van der Waals surface area contributed by atoms with Crippen LogP contribution in [-0.2, 0) is 7.05 Å². The average Bonchev–Trinajstić information content (AvgIpc) is 3.57. The van der Waals surface area contributed by atoms with Gasteiger partial charge in [0.1, 0.15) is 6.07 Å². The number of hydrogen-bond acceptors (Lipinski definition) is 6. The van der Waals surface area contributed by atoms with Crippen LogP contribution >= 0.6 is 23.4 Å². The molecular formula is C29H29ClN6S. The van der Waals surface area contributed by atoms with E-state index in [-0.39, 0.29) is 0 Å². The zero-order valence-corrected chi connectivity index (χ0v) is 22.4. The van der Waals surface area contributed by atoms with Crippen LogP contribution in [0, 0.1) is 11.3 Å². The van der Waals surface area contributed by atoms with Gasteiger partial charge in [-0.05, 0) is 75.1 Å². The van der Waals surface area contributed by atoms with Gasteiger partial charge in [0.05, 0.1) is 21.8 Å². The maximum Gasteiger partial charge on any atom is 0.172 e. The number of likely N-dealkylation sites (tertiary alicyclic amines) is 1. The minimum Gasteiger partial charge on any atom is -0.354 e. The summed E-state index contributed by atoms with van der Waals surface area (Å²) in [6.07, 6.45) is 14.6. The predicted octanol–water partition coefficient (Wildman–Crippen LogP) is 7.28. The molecule has 3 heterocycles. The topological polar surface area (TPSA) is 69.8 Å². The zero-order chi connectivity index (χ0) is 25.6. The van der Waals surface area contributed by atoms with Crippen LogP contribution in [0.5, 0.6) is 0 Å². The van der Waals surface area contributed by atoms with E-state index in [1.165, 1.54) is 50.7 Å². The molecule has 4 aromatic rings. The lowest BCUT2D eigenvalue weighted by atomic mass is 10.1. The van der Waals surface area contributed by atoms with E-state index in [4.69, 9.17) is 11.6 Å². The number of fused-ring (bicyclic) bond motifs is 1. The maximum atomic E-state index is 9.74. The Labute approximate surface area is 227 Å². The number of benzene rings is 2. The Hall–Kier alpha value is -3.31. The van der Waals surface area contributed by atoms with Crippen molar-refractivity contribution in [1.29, 1.82) is 5.26 Å². The van der Waals surface area contributed by atoms with Crippen molar-refractivity contribution >= 4 is 51.7 Å². The second kappa shape index (κ2) is 11.8. The number of allylic oxidation sites excluding steroid dienone is 1. The molecule has 0 amide bonds. The van der Waals surface area contributed by atoms with E-state index in [2.05, 4.69) is 50.5 Å². The zero-order valence-electron chi connectivity index (χ0n) is 20.8. The van der Waals surface area contributed by atoms with Crippen LogP contribution in [0.2, 0.25) is 5.02 Å². The van der Waals surface area contributed by atoms with Gasteiger partial charge in [0.25, 0.3) is 0 Å². The number of pyridine rings is 1. The molecule has 0 spiro atoms. The molecule has 0 atom stereocenters. The Morgan fingerprint density at radius 3 is 2.78 bits per heavy atom. The van der Waals surface area contributed by atoms with Crippen molar-refractivity contribution in [2.24, 2.45) is 7.05 Å². The third-order valence-electron chi connectivity index (χ3n) is 6.55. The van der Waals surface area contributed by atoms with E-state index in [1.54, 1.807) is 12.4 Å². The number of nitrogens with zero attached hydrogens (tertiary/aromatic N) is 5. The molecule has 1 saturated heterocycles. The van der Waals surface area contributed by atoms with Crippen molar-refractivity contribution in [3.05, 3.63) is 77.2 Å². The molecule has 1 aliphatic heterocycles. The van der Waals surface area contributed by atoms with Crippen LogP contribution in [-0.4, -0.2) is 39.1 Å². The summed E-state index contributed by atoms with van der Waals surface area (Å²) >= 11 is 8.11.